The van der Waals surface area contributed by atoms with Gasteiger partial charge in [0.05, 0.1) is 38.9 Å². The molecule has 0 spiro atoms. The molecule has 36 heavy (non-hydrogen) atoms. The molecule has 1 heterocycles. The maximum atomic E-state index is 13.1. The van der Waals surface area contributed by atoms with Crippen molar-refractivity contribution in [2.45, 2.75) is 24.1 Å². The van der Waals surface area contributed by atoms with Crippen LogP contribution >= 0.6 is 50.7 Å². The summed E-state index contributed by atoms with van der Waals surface area (Å²) >= 11 is 22.3. The van der Waals surface area contributed by atoms with Gasteiger partial charge in [-0.2, -0.15) is 0 Å². The van der Waals surface area contributed by atoms with E-state index in [1.54, 1.807) is 19.1 Å². The Morgan fingerprint density at radius 3 is 2.19 bits per heavy atom. The first kappa shape index (κ1) is 25.5. The number of carbonyl (C=O) groups excluding carboxylic acids is 4. The number of benzene rings is 2. The molecule has 2 bridgehead atoms. The molecule has 3 fully saturated rings. The summed E-state index contributed by atoms with van der Waals surface area (Å²) in [5.74, 6) is -2.91. The number of ether oxygens (including phenoxy) is 1. The predicted molar refractivity (Wildman–Crippen MR) is 140 cm³/mol. The van der Waals surface area contributed by atoms with Gasteiger partial charge < -0.3 is 10.1 Å². The quantitative estimate of drug-likeness (QED) is 0.285. The van der Waals surface area contributed by atoms with E-state index in [1.807, 2.05) is 0 Å². The second kappa shape index (κ2) is 9.63. The largest absolute Gasteiger partial charge is 0.452 e. The fourth-order valence-corrected chi connectivity index (χ4v) is 7.03. The lowest BCUT2D eigenvalue weighted by atomic mass is 9.80. The molecule has 3 aliphatic rings. The highest BCUT2D eigenvalue weighted by molar-refractivity contribution is 9.10. The number of amides is 3. The SMILES string of the molecule is Cc1c(NC(=O)COC(=O)c2ccc(N3C(=O)[C@@H]4[C@H]5C[C@@H]([C@@H](Cl)[C@H]5Cl)[C@H]4C3=O)cc2)ccc(Br)c1Cl. The highest BCUT2D eigenvalue weighted by Gasteiger charge is 2.66. The summed E-state index contributed by atoms with van der Waals surface area (Å²) in [6.07, 6.45) is 0.690. The zero-order valence-corrected chi connectivity index (χ0v) is 22.7. The molecule has 2 saturated carbocycles. The van der Waals surface area contributed by atoms with Crippen molar-refractivity contribution >= 4 is 85.8 Å². The average molecular weight is 615 g/mol. The Hall–Kier alpha value is -2.13. The zero-order valence-electron chi connectivity index (χ0n) is 18.8. The Morgan fingerprint density at radius 1 is 1.03 bits per heavy atom. The number of anilines is 2. The molecule has 2 aromatic carbocycles. The number of esters is 1. The lowest BCUT2D eigenvalue weighted by molar-refractivity contribution is -0.123. The molecule has 6 atom stereocenters. The monoisotopic (exact) mass is 612 g/mol. The summed E-state index contributed by atoms with van der Waals surface area (Å²) in [4.78, 5) is 52.1. The van der Waals surface area contributed by atoms with E-state index in [0.717, 1.165) is 0 Å². The molecule has 3 amide bonds. The number of hydrogen-bond donors (Lipinski definition) is 1. The molecule has 11 heteroatoms. The van der Waals surface area contributed by atoms with Crippen molar-refractivity contribution in [1.82, 2.24) is 0 Å². The van der Waals surface area contributed by atoms with Gasteiger partial charge in [-0.25, -0.2) is 4.79 Å². The maximum Gasteiger partial charge on any atom is 0.338 e. The third-order valence-electron chi connectivity index (χ3n) is 7.30. The van der Waals surface area contributed by atoms with Crippen LogP contribution in [0, 0.1) is 30.6 Å². The zero-order chi connectivity index (χ0) is 25.9. The third kappa shape index (κ3) is 4.12. The fraction of sp³-hybridized carbons (Fsp3) is 0.360. The van der Waals surface area contributed by atoms with Crippen LogP contribution in [0.15, 0.2) is 40.9 Å². The normalized spacial score (nSPS) is 28.4. The van der Waals surface area contributed by atoms with Crippen molar-refractivity contribution in [3.63, 3.8) is 0 Å². The van der Waals surface area contributed by atoms with Gasteiger partial charge in [0.15, 0.2) is 6.61 Å². The Morgan fingerprint density at radius 2 is 1.61 bits per heavy atom. The average Bonchev–Trinajstić information content (AvgIpc) is 3.48. The van der Waals surface area contributed by atoms with Crippen molar-refractivity contribution in [2.75, 3.05) is 16.8 Å². The molecule has 2 aromatic rings. The molecule has 0 unspecified atom stereocenters. The number of nitrogens with zero attached hydrogens (tertiary/aromatic N) is 1. The van der Waals surface area contributed by atoms with E-state index < -0.39 is 30.3 Å². The minimum absolute atomic E-state index is 0.108. The van der Waals surface area contributed by atoms with E-state index in [4.69, 9.17) is 39.5 Å². The van der Waals surface area contributed by atoms with Crippen LogP contribution in [0.2, 0.25) is 5.02 Å². The van der Waals surface area contributed by atoms with Gasteiger partial charge in [0.1, 0.15) is 0 Å². The number of alkyl halides is 2. The second-order valence-corrected chi connectivity index (χ2v) is 11.5. The van der Waals surface area contributed by atoms with Gasteiger partial charge in [-0.1, -0.05) is 11.6 Å². The summed E-state index contributed by atoms with van der Waals surface area (Å²) < 4.78 is 5.82. The number of carbonyl (C=O) groups is 4. The van der Waals surface area contributed by atoms with Crippen LogP contribution in [-0.2, 0) is 19.1 Å². The van der Waals surface area contributed by atoms with E-state index in [0.29, 0.717) is 32.9 Å². The summed E-state index contributed by atoms with van der Waals surface area (Å²) in [7, 11) is 0. The van der Waals surface area contributed by atoms with Crippen molar-refractivity contribution < 1.29 is 23.9 Å². The molecular weight excluding hydrogens is 595 g/mol. The molecule has 1 saturated heterocycles. The number of fused-ring (bicyclic) bond motifs is 5. The predicted octanol–water partition coefficient (Wildman–Crippen LogP) is 5.18. The highest BCUT2D eigenvalue weighted by atomic mass is 79.9. The van der Waals surface area contributed by atoms with Gasteiger partial charge in [-0.3, -0.25) is 19.3 Å². The Labute approximate surface area is 230 Å². The molecule has 1 N–H and O–H groups in total. The molecule has 5 rings (SSSR count). The maximum absolute atomic E-state index is 13.1. The van der Waals surface area contributed by atoms with Crippen molar-refractivity contribution in [3.8, 4) is 0 Å². The van der Waals surface area contributed by atoms with Gasteiger partial charge >= 0.3 is 5.97 Å². The first-order valence-electron chi connectivity index (χ1n) is 11.3. The van der Waals surface area contributed by atoms with Crippen molar-refractivity contribution in [3.05, 3.63) is 57.0 Å². The first-order chi connectivity index (χ1) is 17.1. The topological polar surface area (TPSA) is 92.8 Å². The number of nitrogens with one attached hydrogen (secondary N) is 1. The number of halogens is 4. The van der Waals surface area contributed by atoms with Crippen LogP contribution in [0.25, 0.3) is 0 Å². The molecule has 1 aliphatic heterocycles. The van der Waals surface area contributed by atoms with E-state index >= 15 is 0 Å². The van der Waals surface area contributed by atoms with Gasteiger partial charge in [0.2, 0.25) is 11.8 Å². The fourth-order valence-electron chi connectivity index (χ4n) is 5.54. The van der Waals surface area contributed by atoms with Gasteiger partial charge in [-0.05, 0) is 83.1 Å². The second-order valence-electron chi connectivity index (χ2n) is 9.22. The van der Waals surface area contributed by atoms with Crippen LogP contribution in [-0.4, -0.2) is 41.1 Å². The smallest absolute Gasteiger partial charge is 0.338 e. The highest BCUT2D eigenvalue weighted by Crippen LogP contribution is 2.59. The molecule has 0 aromatic heterocycles. The van der Waals surface area contributed by atoms with E-state index in [2.05, 4.69) is 21.2 Å². The van der Waals surface area contributed by atoms with Crippen LogP contribution in [0.3, 0.4) is 0 Å². The van der Waals surface area contributed by atoms with E-state index in [-0.39, 0.29) is 40.0 Å². The molecule has 2 aliphatic carbocycles. The minimum Gasteiger partial charge on any atom is -0.452 e. The molecular formula is C25H20BrCl3N2O5. The van der Waals surface area contributed by atoms with Gasteiger partial charge in [0.25, 0.3) is 5.91 Å². The van der Waals surface area contributed by atoms with Gasteiger partial charge in [0, 0.05) is 10.2 Å². The lowest BCUT2D eigenvalue weighted by Crippen LogP contribution is -2.37. The summed E-state index contributed by atoms with van der Waals surface area (Å²) in [6.45, 7) is 1.26. The number of hydrogen-bond acceptors (Lipinski definition) is 5. The van der Waals surface area contributed by atoms with Gasteiger partial charge in [-0.15, -0.1) is 23.2 Å². The molecule has 0 radical (unpaired) electrons. The number of imide groups is 1. The summed E-state index contributed by atoms with van der Waals surface area (Å²) in [5.41, 5.74) is 1.73. The number of rotatable bonds is 5. The molecule has 188 valence electrons. The van der Waals surface area contributed by atoms with Crippen LogP contribution in [0.1, 0.15) is 22.3 Å². The van der Waals surface area contributed by atoms with Crippen LogP contribution < -0.4 is 10.2 Å². The third-order valence-corrected chi connectivity index (χ3v) is 9.99. The van der Waals surface area contributed by atoms with Crippen LogP contribution in [0.5, 0.6) is 0 Å². The minimum atomic E-state index is -0.716. The van der Waals surface area contributed by atoms with Crippen LogP contribution in [0.4, 0.5) is 11.4 Å². The Bertz CT molecular complexity index is 1260. The Balaban J connectivity index is 1.21. The van der Waals surface area contributed by atoms with Crippen molar-refractivity contribution in [2.24, 2.45) is 23.7 Å². The summed E-state index contributed by atoms with van der Waals surface area (Å²) in [5, 5.41) is 2.48. The Kier molecular flexibility index (Phi) is 6.83. The summed E-state index contributed by atoms with van der Waals surface area (Å²) in [6, 6.07) is 9.32. The lowest BCUT2D eigenvalue weighted by Gasteiger charge is -2.28. The van der Waals surface area contributed by atoms with E-state index in [1.165, 1.54) is 29.2 Å². The van der Waals surface area contributed by atoms with E-state index in [9.17, 15) is 19.2 Å². The molecule has 7 nitrogen and oxygen atoms in total. The standard InChI is InChI=1S/C25H20BrCl3N2O5/c1-10-16(7-6-15(26)20(10)27)30-17(32)9-36-25(35)11-2-4-12(5-3-11)31-23(33)18-13-8-14(19(18)24(31)34)22(29)21(13)28/h2-7,13-14,18-19,21-22H,8-9H2,1H3,(H,30,32)/t13-,14-,18-,19-,21-,22+/m1/s1. The first-order valence-corrected chi connectivity index (χ1v) is 13.3. The van der Waals surface area contributed by atoms with Crippen molar-refractivity contribution in [1.29, 1.82) is 0 Å².